The van der Waals surface area contributed by atoms with Gasteiger partial charge in [0.25, 0.3) is 5.91 Å². The first-order chi connectivity index (χ1) is 15.0. The predicted molar refractivity (Wildman–Crippen MR) is 123 cm³/mol. The van der Waals surface area contributed by atoms with E-state index in [2.05, 4.69) is 47.1 Å². The summed E-state index contributed by atoms with van der Waals surface area (Å²) in [5.41, 5.74) is 4.90. The van der Waals surface area contributed by atoms with Gasteiger partial charge in [0, 0.05) is 36.8 Å². The number of halogens is 1. The molecule has 2 heterocycles. The lowest BCUT2D eigenvalue weighted by Gasteiger charge is -2.35. The van der Waals surface area contributed by atoms with Gasteiger partial charge in [0.2, 0.25) is 0 Å². The molecule has 4 rings (SSSR count). The average Bonchev–Trinajstić information content (AvgIpc) is 2.80. The van der Waals surface area contributed by atoms with Crippen LogP contribution in [0.1, 0.15) is 21.5 Å². The lowest BCUT2D eigenvalue weighted by molar-refractivity contribution is 0.0743. The zero-order chi connectivity index (χ0) is 22.0. The number of carbonyl (C=O) groups is 1. The summed E-state index contributed by atoms with van der Waals surface area (Å²) in [6.45, 7) is 6.75. The molecule has 1 aromatic heterocycles. The Bertz CT molecular complexity index is 1090. The summed E-state index contributed by atoms with van der Waals surface area (Å²) < 4.78 is 5.33. The van der Waals surface area contributed by atoms with E-state index in [0.717, 1.165) is 17.1 Å². The molecule has 0 atom stereocenters. The minimum atomic E-state index is -0.0739. The van der Waals surface area contributed by atoms with Crippen LogP contribution in [0.4, 0.5) is 5.82 Å². The van der Waals surface area contributed by atoms with Gasteiger partial charge >= 0.3 is 0 Å². The molecule has 1 fully saturated rings. The first-order valence-electron chi connectivity index (χ1n) is 10.3. The Balaban J connectivity index is 1.42. The number of aromatic nitrogens is 2. The maximum Gasteiger partial charge on any atom is 0.257 e. The highest BCUT2D eigenvalue weighted by Crippen LogP contribution is 2.25. The molecule has 7 heteroatoms. The second-order valence-electron chi connectivity index (χ2n) is 7.70. The molecule has 2 aromatic carbocycles. The molecule has 0 saturated carbocycles. The minimum Gasteiger partial charge on any atom is -0.496 e. The van der Waals surface area contributed by atoms with Crippen LogP contribution < -0.4 is 9.64 Å². The summed E-state index contributed by atoms with van der Waals surface area (Å²) in [7, 11) is 1.55. The normalized spacial score (nSPS) is 13.9. The third-order valence-corrected chi connectivity index (χ3v) is 5.97. The molecule has 1 saturated heterocycles. The van der Waals surface area contributed by atoms with Crippen molar-refractivity contribution in [1.82, 2.24) is 15.1 Å². The van der Waals surface area contributed by atoms with Crippen LogP contribution in [0.2, 0.25) is 5.02 Å². The molecule has 3 aromatic rings. The quantitative estimate of drug-likeness (QED) is 0.607. The standard InChI is InChI=1S/C24H25ClN4O2/c1-16-4-5-18(14-17(16)2)21-7-9-23(27-26-21)28-10-12-29(13-11-28)24(30)20-15-19(25)6-8-22(20)31-3/h4-9,14-15H,10-13H2,1-3H3. The van der Waals surface area contributed by atoms with Crippen molar-refractivity contribution in [3.05, 3.63) is 70.2 Å². The molecule has 160 valence electrons. The van der Waals surface area contributed by atoms with Crippen LogP contribution in [0.25, 0.3) is 11.3 Å². The van der Waals surface area contributed by atoms with E-state index in [-0.39, 0.29) is 5.91 Å². The second-order valence-corrected chi connectivity index (χ2v) is 8.14. The maximum absolute atomic E-state index is 13.0. The van der Waals surface area contributed by atoms with E-state index in [0.29, 0.717) is 42.5 Å². The molecular weight excluding hydrogens is 412 g/mol. The number of ether oxygens (including phenoxy) is 1. The van der Waals surface area contributed by atoms with Crippen LogP contribution >= 0.6 is 11.6 Å². The average molecular weight is 437 g/mol. The van der Waals surface area contributed by atoms with Crippen molar-refractivity contribution in [1.29, 1.82) is 0 Å². The van der Waals surface area contributed by atoms with Crippen LogP contribution in [-0.4, -0.2) is 54.3 Å². The minimum absolute atomic E-state index is 0.0739. The Labute approximate surface area is 187 Å². The zero-order valence-corrected chi connectivity index (χ0v) is 18.7. The van der Waals surface area contributed by atoms with Gasteiger partial charge in [-0.05, 0) is 61.4 Å². The van der Waals surface area contributed by atoms with E-state index < -0.39 is 0 Å². The van der Waals surface area contributed by atoms with Gasteiger partial charge in [0.15, 0.2) is 5.82 Å². The number of hydrogen-bond acceptors (Lipinski definition) is 5. The largest absolute Gasteiger partial charge is 0.496 e. The fraction of sp³-hybridized carbons (Fsp3) is 0.292. The highest BCUT2D eigenvalue weighted by atomic mass is 35.5. The van der Waals surface area contributed by atoms with E-state index in [1.807, 2.05) is 17.0 Å². The van der Waals surface area contributed by atoms with Gasteiger partial charge < -0.3 is 14.5 Å². The molecule has 0 bridgehead atoms. The first kappa shape index (κ1) is 21.1. The van der Waals surface area contributed by atoms with Gasteiger partial charge in [0.05, 0.1) is 18.4 Å². The molecule has 1 amide bonds. The van der Waals surface area contributed by atoms with Gasteiger partial charge in [-0.2, -0.15) is 0 Å². The second kappa shape index (κ2) is 8.94. The Morgan fingerprint density at radius 3 is 2.35 bits per heavy atom. The first-order valence-corrected chi connectivity index (χ1v) is 10.6. The van der Waals surface area contributed by atoms with Crippen LogP contribution in [0.3, 0.4) is 0 Å². The third-order valence-electron chi connectivity index (χ3n) is 5.74. The lowest BCUT2D eigenvalue weighted by atomic mass is 10.0. The van der Waals surface area contributed by atoms with Gasteiger partial charge in [0.1, 0.15) is 5.75 Å². The van der Waals surface area contributed by atoms with Crippen molar-refractivity contribution in [2.24, 2.45) is 0 Å². The molecule has 6 nitrogen and oxygen atoms in total. The molecule has 0 radical (unpaired) electrons. The van der Waals surface area contributed by atoms with E-state index in [4.69, 9.17) is 16.3 Å². The summed E-state index contributed by atoms with van der Waals surface area (Å²) >= 11 is 6.08. The Kier molecular flexibility index (Phi) is 6.09. The topological polar surface area (TPSA) is 58.6 Å². The lowest BCUT2D eigenvalue weighted by Crippen LogP contribution is -2.49. The van der Waals surface area contributed by atoms with Gasteiger partial charge in [-0.25, -0.2) is 0 Å². The SMILES string of the molecule is COc1ccc(Cl)cc1C(=O)N1CCN(c2ccc(-c3ccc(C)c(C)c3)nn2)CC1. The summed E-state index contributed by atoms with van der Waals surface area (Å²) in [4.78, 5) is 16.9. The fourth-order valence-corrected chi connectivity index (χ4v) is 3.88. The number of methoxy groups -OCH3 is 1. The van der Waals surface area contributed by atoms with Crippen molar-refractivity contribution in [2.45, 2.75) is 13.8 Å². The summed E-state index contributed by atoms with van der Waals surface area (Å²) in [6.07, 6.45) is 0. The van der Waals surface area contributed by atoms with Gasteiger partial charge in [-0.3, -0.25) is 4.79 Å². The van der Waals surface area contributed by atoms with Crippen molar-refractivity contribution >= 4 is 23.3 Å². The predicted octanol–water partition coefficient (Wildman–Crippen LogP) is 4.38. The zero-order valence-electron chi connectivity index (χ0n) is 17.9. The number of rotatable bonds is 4. The number of aryl methyl sites for hydroxylation is 2. The maximum atomic E-state index is 13.0. The van der Waals surface area contributed by atoms with Crippen LogP contribution in [0, 0.1) is 13.8 Å². The van der Waals surface area contributed by atoms with Gasteiger partial charge in [-0.15, -0.1) is 10.2 Å². The van der Waals surface area contributed by atoms with Crippen molar-refractivity contribution in [3.63, 3.8) is 0 Å². The number of nitrogens with zero attached hydrogens (tertiary/aromatic N) is 4. The number of piperazine rings is 1. The van der Waals surface area contributed by atoms with Gasteiger partial charge in [-0.1, -0.05) is 23.7 Å². The molecule has 31 heavy (non-hydrogen) atoms. The highest BCUT2D eigenvalue weighted by molar-refractivity contribution is 6.31. The van der Waals surface area contributed by atoms with E-state index in [9.17, 15) is 4.79 Å². The number of benzene rings is 2. The Hall–Kier alpha value is -3.12. The van der Waals surface area contributed by atoms with Crippen LogP contribution in [-0.2, 0) is 0 Å². The Morgan fingerprint density at radius 2 is 1.71 bits per heavy atom. The number of anilines is 1. The summed E-state index contributed by atoms with van der Waals surface area (Å²) in [5.74, 6) is 1.28. The van der Waals surface area contributed by atoms with Crippen molar-refractivity contribution in [2.75, 3.05) is 38.2 Å². The van der Waals surface area contributed by atoms with Crippen LogP contribution in [0.5, 0.6) is 5.75 Å². The molecular formula is C24H25ClN4O2. The molecule has 0 aliphatic carbocycles. The molecule has 0 N–H and O–H groups in total. The van der Waals surface area contributed by atoms with Crippen molar-refractivity contribution < 1.29 is 9.53 Å². The smallest absolute Gasteiger partial charge is 0.257 e. The van der Waals surface area contributed by atoms with Crippen LogP contribution in [0.15, 0.2) is 48.5 Å². The monoisotopic (exact) mass is 436 g/mol. The third kappa shape index (κ3) is 4.49. The summed E-state index contributed by atoms with van der Waals surface area (Å²) in [5, 5.41) is 9.37. The molecule has 0 spiro atoms. The molecule has 0 unspecified atom stereocenters. The van der Waals surface area contributed by atoms with E-state index in [1.54, 1.807) is 25.3 Å². The van der Waals surface area contributed by atoms with E-state index in [1.165, 1.54) is 11.1 Å². The fourth-order valence-electron chi connectivity index (χ4n) is 3.70. The number of amides is 1. The number of carbonyl (C=O) groups excluding carboxylic acids is 1. The van der Waals surface area contributed by atoms with Crippen molar-refractivity contribution in [3.8, 4) is 17.0 Å². The Morgan fingerprint density at radius 1 is 0.935 bits per heavy atom. The molecule has 1 aliphatic heterocycles. The highest BCUT2D eigenvalue weighted by Gasteiger charge is 2.25. The molecule has 1 aliphatic rings. The van der Waals surface area contributed by atoms with E-state index >= 15 is 0 Å². The number of hydrogen-bond donors (Lipinski definition) is 0. The summed E-state index contributed by atoms with van der Waals surface area (Å²) in [6, 6.07) is 15.4.